The van der Waals surface area contributed by atoms with Gasteiger partial charge in [0.15, 0.2) is 28.7 Å². The number of carbonyl (C=O) groups excluding carboxylic acids is 2. The van der Waals surface area contributed by atoms with Gasteiger partial charge in [-0.25, -0.2) is 14.8 Å². The van der Waals surface area contributed by atoms with Crippen LogP contribution >= 0.6 is 0 Å². The number of carbonyl (C=O) groups is 2. The summed E-state index contributed by atoms with van der Waals surface area (Å²) in [6.07, 6.45) is -8.25. The quantitative estimate of drug-likeness (QED) is 0.239. The van der Waals surface area contributed by atoms with Crippen LogP contribution in [0.3, 0.4) is 0 Å². The normalized spacial score (nSPS) is 11.5. The number of aryl methyl sites for hydroxylation is 1. The summed E-state index contributed by atoms with van der Waals surface area (Å²) in [6, 6.07) is 3.81. The second kappa shape index (κ2) is 12.2. The fourth-order valence-corrected chi connectivity index (χ4v) is 3.36. The van der Waals surface area contributed by atoms with Crippen molar-refractivity contribution < 1.29 is 59.6 Å². The van der Waals surface area contributed by atoms with E-state index in [1.807, 2.05) is 0 Å². The Bertz CT molecular complexity index is 1440. The standard InChI is InChI=1S/C25H21F6N3O7/c1-5-39-20-19(22(35)34-14-9-15(23(36)38-4)32-10-12(14)2)18(11-33-21(20)24(26,27)28)40-16-7-6-13(8-17(16)37-3)41-25(29,30)31/h6-11H,5H2,1-4H3,(H,32,34,35). The van der Waals surface area contributed by atoms with Crippen molar-refractivity contribution in [3.05, 3.63) is 59.2 Å². The van der Waals surface area contributed by atoms with Crippen molar-refractivity contribution in [2.45, 2.75) is 26.4 Å². The van der Waals surface area contributed by atoms with Crippen molar-refractivity contribution in [1.29, 1.82) is 0 Å². The fourth-order valence-electron chi connectivity index (χ4n) is 3.36. The largest absolute Gasteiger partial charge is 0.573 e. The van der Waals surface area contributed by atoms with Gasteiger partial charge in [0.2, 0.25) is 0 Å². The van der Waals surface area contributed by atoms with Crippen molar-refractivity contribution in [3.8, 4) is 28.7 Å². The van der Waals surface area contributed by atoms with E-state index in [9.17, 15) is 35.9 Å². The molecule has 10 nitrogen and oxygen atoms in total. The van der Waals surface area contributed by atoms with Crippen LogP contribution in [0, 0.1) is 6.92 Å². The lowest BCUT2D eigenvalue weighted by Gasteiger charge is -2.20. The van der Waals surface area contributed by atoms with Gasteiger partial charge < -0.3 is 29.0 Å². The Morgan fingerprint density at radius 2 is 1.66 bits per heavy atom. The molecule has 1 aromatic carbocycles. The maximum Gasteiger partial charge on any atom is 0.573 e. The number of rotatable bonds is 9. The number of anilines is 1. The van der Waals surface area contributed by atoms with Gasteiger partial charge in [-0.2, -0.15) is 13.2 Å². The van der Waals surface area contributed by atoms with E-state index >= 15 is 0 Å². The molecule has 41 heavy (non-hydrogen) atoms. The van der Waals surface area contributed by atoms with Crippen LogP contribution in [0.1, 0.15) is 39.0 Å². The molecule has 3 aromatic rings. The van der Waals surface area contributed by atoms with E-state index < -0.39 is 52.9 Å². The van der Waals surface area contributed by atoms with Crippen molar-refractivity contribution in [2.75, 3.05) is 26.1 Å². The molecule has 0 radical (unpaired) electrons. The van der Waals surface area contributed by atoms with Crippen molar-refractivity contribution in [2.24, 2.45) is 0 Å². The van der Waals surface area contributed by atoms with Gasteiger partial charge >= 0.3 is 18.5 Å². The number of nitrogens with one attached hydrogen (secondary N) is 1. The van der Waals surface area contributed by atoms with Crippen LogP contribution in [0.4, 0.5) is 32.0 Å². The summed E-state index contributed by atoms with van der Waals surface area (Å²) in [4.78, 5) is 32.6. The number of pyridine rings is 2. The number of ether oxygens (including phenoxy) is 5. The molecule has 0 saturated heterocycles. The molecule has 0 bridgehead atoms. The minimum absolute atomic E-state index is 0.00426. The second-order valence-corrected chi connectivity index (χ2v) is 7.90. The van der Waals surface area contributed by atoms with Crippen LogP contribution in [0.5, 0.6) is 28.7 Å². The number of hydrogen-bond acceptors (Lipinski definition) is 9. The number of methoxy groups -OCH3 is 2. The minimum atomic E-state index is -5.06. The Balaban J connectivity index is 2.15. The third-order valence-corrected chi connectivity index (χ3v) is 5.12. The van der Waals surface area contributed by atoms with Gasteiger partial charge in [0.25, 0.3) is 5.91 Å². The highest BCUT2D eigenvalue weighted by Gasteiger charge is 2.40. The molecule has 0 fully saturated rings. The summed E-state index contributed by atoms with van der Waals surface area (Å²) in [7, 11) is 2.20. The van der Waals surface area contributed by atoms with E-state index in [-0.39, 0.29) is 29.5 Å². The highest BCUT2D eigenvalue weighted by molar-refractivity contribution is 6.09. The highest BCUT2D eigenvalue weighted by atomic mass is 19.4. The summed E-state index contributed by atoms with van der Waals surface area (Å²) in [5, 5.41) is 2.39. The molecule has 2 aromatic heterocycles. The average Bonchev–Trinajstić information content (AvgIpc) is 2.89. The van der Waals surface area contributed by atoms with Crippen LogP contribution in [0.25, 0.3) is 0 Å². The number of halogens is 6. The van der Waals surface area contributed by atoms with E-state index in [0.717, 1.165) is 38.5 Å². The molecule has 220 valence electrons. The molecular weight excluding hydrogens is 568 g/mol. The molecule has 0 aliphatic carbocycles. The van der Waals surface area contributed by atoms with Crippen LogP contribution in [-0.2, 0) is 10.9 Å². The van der Waals surface area contributed by atoms with Crippen LogP contribution < -0.4 is 24.3 Å². The first kappa shape index (κ1) is 30.8. The van der Waals surface area contributed by atoms with E-state index in [1.165, 1.54) is 20.0 Å². The van der Waals surface area contributed by atoms with Gasteiger partial charge in [-0.05, 0) is 37.6 Å². The summed E-state index contributed by atoms with van der Waals surface area (Å²) in [5.41, 5.74) is -2.18. The minimum Gasteiger partial charge on any atom is -0.493 e. The lowest BCUT2D eigenvalue weighted by atomic mass is 10.1. The van der Waals surface area contributed by atoms with Crippen molar-refractivity contribution >= 4 is 17.6 Å². The van der Waals surface area contributed by atoms with Gasteiger partial charge in [-0.1, -0.05) is 0 Å². The smallest absolute Gasteiger partial charge is 0.493 e. The van der Waals surface area contributed by atoms with Gasteiger partial charge in [0, 0.05) is 18.0 Å². The molecule has 0 unspecified atom stereocenters. The number of alkyl halides is 6. The average molecular weight is 589 g/mol. The number of amides is 1. The Morgan fingerprint density at radius 1 is 0.951 bits per heavy atom. The predicted octanol–water partition coefficient (Wildman–Crippen LogP) is 5.94. The van der Waals surface area contributed by atoms with Gasteiger partial charge in [-0.3, -0.25) is 4.79 Å². The molecule has 2 heterocycles. The first-order valence-corrected chi connectivity index (χ1v) is 11.4. The Labute approximate surface area is 228 Å². The third-order valence-electron chi connectivity index (χ3n) is 5.12. The van der Waals surface area contributed by atoms with E-state index in [2.05, 4.69) is 24.8 Å². The van der Waals surface area contributed by atoms with Gasteiger partial charge in [-0.15, -0.1) is 13.2 Å². The van der Waals surface area contributed by atoms with Gasteiger partial charge in [0.1, 0.15) is 17.0 Å². The lowest BCUT2D eigenvalue weighted by molar-refractivity contribution is -0.274. The summed E-state index contributed by atoms with van der Waals surface area (Å²) < 4.78 is 104. The maximum atomic E-state index is 13.8. The fraction of sp³-hybridized carbons (Fsp3) is 0.280. The topological polar surface area (TPSA) is 118 Å². The Kier molecular flexibility index (Phi) is 9.14. The number of benzene rings is 1. The van der Waals surface area contributed by atoms with Crippen LogP contribution in [0.15, 0.2) is 36.7 Å². The third kappa shape index (κ3) is 7.46. The monoisotopic (exact) mass is 589 g/mol. The summed E-state index contributed by atoms with van der Waals surface area (Å²) >= 11 is 0. The maximum absolute atomic E-state index is 13.8. The molecule has 0 spiro atoms. The van der Waals surface area contributed by atoms with Gasteiger partial charge in [0.05, 0.1) is 27.0 Å². The van der Waals surface area contributed by atoms with E-state index in [4.69, 9.17) is 14.2 Å². The molecular formula is C25H21F6N3O7. The molecule has 3 rings (SSSR count). The number of aromatic nitrogens is 2. The van der Waals surface area contributed by atoms with E-state index in [1.54, 1.807) is 0 Å². The van der Waals surface area contributed by atoms with Crippen LogP contribution in [0.2, 0.25) is 0 Å². The molecule has 16 heteroatoms. The molecule has 1 N–H and O–H groups in total. The second-order valence-electron chi connectivity index (χ2n) is 7.90. The first-order chi connectivity index (χ1) is 19.2. The number of nitrogens with zero attached hydrogens (tertiary/aromatic N) is 2. The lowest BCUT2D eigenvalue weighted by Crippen LogP contribution is -2.20. The molecule has 0 aliphatic rings. The zero-order valence-electron chi connectivity index (χ0n) is 21.7. The Hall–Kier alpha value is -4.76. The van der Waals surface area contributed by atoms with Crippen molar-refractivity contribution in [1.82, 2.24) is 9.97 Å². The Morgan fingerprint density at radius 3 is 2.24 bits per heavy atom. The molecule has 1 amide bonds. The molecule has 0 aliphatic heterocycles. The van der Waals surface area contributed by atoms with Crippen molar-refractivity contribution in [3.63, 3.8) is 0 Å². The summed E-state index contributed by atoms with van der Waals surface area (Å²) in [5.74, 6) is -4.84. The SMILES string of the molecule is CCOc1c(C(F)(F)F)ncc(Oc2ccc(OC(F)(F)F)cc2OC)c1C(=O)Nc1cc(C(=O)OC)ncc1C. The van der Waals surface area contributed by atoms with E-state index in [0.29, 0.717) is 11.8 Å². The molecule has 0 atom stereocenters. The predicted molar refractivity (Wildman–Crippen MR) is 128 cm³/mol. The number of hydrogen-bond donors (Lipinski definition) is 1. The summed E-state index contributed by atoms with van der Waals surface area (Å²) in [6.45, 7) is 2.56. The zero-order chi connectivity index (χ0) is 30.5. The first-order valence-electron chi connectivity index (χ1n) is 11.4. The number of esters is 1. The highest BCUT2D eigenvalue weighted by Crippen LogP contribution is 2.43. The zero-order valence-corrected chi connectivity index (χ0v) is 21.7. The molecule has 0 saturated carbocycles. The van der Waals surface area contributed by atoms with Crippen LogP contribution in [-0.4, -0.2) is 49.0 Å².